The zero-order chi connectivity index (χ0) is 9.14. The molecule has 1 aliphatic rings. The number of nitrogens with two attached hydrogens (primary N) is 1. The van der Waals surface area contributed by atoms with E-state index < -0.39 is 0 Å². The fourth-order valence-electron chi connectivity index (χ4n) is 2.19. The van der Waals surface area contributed by atoms with Crippen LogP contribution < -0.4 is 11.1 Å². The molecule has 0 unspecified atom stereocenters. The fraction of sp³-hybridized carbons (Fsp3) is 1.00. The van der Waals surface area contributed by atoms with Gasteiger partial charge in [-0.25, -0.2) is 0 Å². The molecular formula is C10H22N2. The van der Waals surface area contributed by atoms with E-state index in [1.165, 1.54) is 6.42 Å². The van der Waals surface area contributed by atoms with Gasteiger partial charge in [-0.2, -0.15) is 0 Å². The van der Waals surface area contributed by atoms with Crippen molar-refractivity contribution in [2.45, 2.75) is 58.2 Å². The Labute approximate surface area is 75.9 Å². The van der Waals surface area contributed by atoms with Crippen LogP contribution in [0.2, 0.25) is 0 Å². The molecule has 2 nitrogen and oxygen atoms in total. The molecule has 0 aromatic rings. The number of hydrogen-bond donors (Lipinski definition) is 2. The van der Waals surface area contributed by atoms with Crippen molar-refractivity contribution in [1.29, 1.82) is 0 Å². The fourth-order valence-corrected chi connectivity index (χ4v) is 2.19. The number of rotatable bonds is 2. The van der Waals surface area contributed by atoms with Crippen molar-refractivity contribution in [2.75, 3.05) is 0 Å². The maximum atomic E-state index is 5.95. The SMILES string of the molecule is CC(C)C[C@@H]1C[C@@H](N)C[C@H](C)N1. The summed E-state index contributed by atoms with van der Waals surface area (Å²) in [5.74, 6) is 0.778. The summed E-state index contributed by atoms with van der Waals surface area (Å²) >= 11 is 0. The Morgan fingerprint density at radius 2 is 2.08 bits per heavy atom. The lowest BCUT2D eigenvalue weighted by Gasteiger charge is -2.33. The van der Waals surface area contributed by atoms with Crippen molar-refractivity contribution >= 4 is 0 Å². The van der Waals surface area contributed by atoms with Crippen LogP contribution in [0.15, 0.2) is 0 Å². The molecule has 3 N–H and O–H groups in total. The van der Waals surface area contributed by atoms with Crippen LogP contribution in [0.25, 0.3) is 0 Å². The average molecular weight is 170 g/mol. The highest BCUT2D eigenvalue weighted by atomic mass is 15.0. The molecule has 0 saturated carbocycles. The maximum absolute atomic E-state index is 5.95. The van der Waals surface area contributed by atoms with Crippen molar-refractivity contribution in [3.8, 4) is 0 Å². The van der Waals surface area contributed by atoms with E-state index in [-0.39, 0.29) is 0 Å². The molecule has 3 atom stereocenters. The van der Waals surface area contributed by atoms with Gasteiger partial charge in [0.15, 0.2) is 0 Å². The molecule has 0 aromatic heterocycles. The highest BCUT2D eigenvalue weighted by Crippen LogP contribution is 2.17. The van der Waals surface area contributed by atoms with Crippen molar-refractivity contribution in [3.05, 3.63) is 0 Å². The van der Waals surface area contributed by atoms with E-state index in [1.54, 1.807) is 0 Å². The van der Waals surface area contributed by atoms with Gasteiger partial charge in [-0.3, -0.25) is 0 Å². The van der Waals surface area contributed by atoms with Crippen LogP contribution in [0.4, 0.5) is 0 Å². The Hall–Kier alpha value is -0.0800. The minimum atomic E-state index is 0.421. The molecule has 1 heterocycles. The molecule has 1 saturated heterocycles. The van der Waals surface area contributed by atoms with Gasteiger partial charge in [0.1, 0.15) is 0 Å². The third kappa shape index (κ3) is 3.11. The first-order valence-corrected chi connectivity index (χ1v) is 5.09. The molecule has 0 radical (unpaired) electrons. The van der Waals surface area contributed by atoms with E-state index in [1.807, 2.05) is 0 Å². The second-order valence-corrected chi connectivity index (χ2v) is 4.63. The first-order valence-electron chi connectivity index (χ1n) is 5.09. The molecule has 1 aliphatic heterocycles. The lowest BCUT2D eigenvalue weighted by Crippen LogP contribution is -2.49. The van der Waals surface area contributed by atoms with Crippen LogP contribution in [0.1, 0.15) is 40.0 Å². The predicted octanol–water partition coefficient (Wildman–Crippen LogP) is 1.50. The van der Waals surface area contributed by atoms with Crippen LogP contribution in [0, 0.1) is 5.92 Å². The number of hydrogen-bond acceptors (Lipinski definition) is 2. The lowest BCUT2D eigenvalue weighted by atomic mass is 9.90. The monoisotopic (exact) mass is 170 g/mol. The molecular weight excluding hydrogens is 148 g/mol. The topological polar surface area (TPSA) is 38.0 Å². The van der Waals surface area contributed by atoms with Gasteiger partial charge in [0.25, 0.3) is 0 Å². The first kappa shape index (κ1) is 10.0. The summed E-state index contributed by atoms with van der Waals surface area (Å²) in [6, 6.07) is 1.69. The molecule has 1 fully saturated rings. The van der Waals surface area contributed by atoms with Crippen molar-refractivity contribution in [3.63, 3.8) is 0 Å². The number of piperidine rings is 1. The summed E-state index contributed by atoms with van der Waals surface area (Å²) < 4.78 is 0. The van der Waals surface area contributed by atoms with E-state index in [0.717, 1.165) is 18.8 Å². The standard InChI is InChI=1S/C10H22N2/c1-7(2)4-10-6-9(11)5-8(3)12-10/h7-10,12H,4-6,11H2,1-3H3/t8-,9-,10+/m0/s1. The van der Waals surface area contributed by atoms with Crippen LogP contribution in [0.3, 0.4) is 0 Å². The second-order valence-electron chi connectivity index (χ2n) is 4.63. The highest BCUT2D eigenvalue weighted by molar-refractivity contribution is 4.85. The third-order valence-corrected chi connectivity index (χ3v) is 2.52. The van der Waals surface area contributed by atoms with Gasteiger partial charge in [-0.1, -0.05) is 13.8 Å². The Bertz CT molecular complexity index is 121. The van der Waals surface area contributed by atoms with Crippen molar-refractivity contribution in [1.82, 2.24) is 5.32 Å². The first-order chi connectivity index (χ1) is 5.58. The summed E-state index contributed by atoms with van der Waals surface area (Å²) in [6.45, 7) is 6.77. The zero-order valence-corrected chi connectivity index (χ0v) is 8.51. The van der Waals surface area contributed by atoms with Crippen LogP contribution >= 0.6 is 0 Å². The van der Waals surface area contributed by atoms with Gasteiger partial charge in [-0.05, 0) is 32.1 Å². The van der Waals surface area contributed by atoms with Crippen LogP contribution in [-0.4, -0.2) is 18.1 Å². The van der Waals surface area contributed by atoms with E-state index in [0.29, 0.717) is 18.1 Å². The molecule has 0 aromatic carbocycles. The van der Waals surface area contributed by atoms with Gasteiger partial charge in [-0.15, -0.1) is 0 Å². The zero-order valence-electron chi connectivity index (χ0n) is 8.51. The molecule has 1 rings (SSSR count). The minimum absolute atomic E-state index is 0.421. The average Bonchev–Trinajstić information content (AvgIpc) is 1.81. The summed E-state index contributed by atoms with van der Waals surface area (Å²) in [5.41, 5.74) is 5.95. The molecule has 72 valence electrons. The molecule has 0 aliphatic carbocycles. The normalized spacial score (nSPS) is 37.2. The highest BCUT2D eigenvalue weighted by Gasteiger charge is 2.23. The second kappa shape index (κ2) is 4.24. The van der Waals surface area contributed by atoms with E-state index in [2.05, 4.69) is 26.1 Å². The third-order valence-electron chi connectivity index (χ3n) is 2.52. The maximum Gasteiger partial charge on any atom is 0.00867 e. The van der Waals surface area contributed by atoms with Gasteiger partial charge in [0.05, 0.1) is 0 Å². The van der Waals surface area contributed by atoms with E-state index in [4.69, 9.17) is 5.73 Å². The van der Waals surface area contributed by atoms with Gasteiger partial charge >= 0.3 is 0 Å². The molecule has 2 heteroatoms. The predicted molar refractivity (Wildman–Crippen MR) is 53.1 cm³/mol. The smallest absolute Gasteiger partial charge is 0.00867 e. The van der Waals surface area contributed by atoms with Crippen LogP contribution in [0.5, 0.6) is 0 Å². The molecule has 0 spiro atoms. The molecule has 0 bridgehead atoms. The Kier molecular flexibility index (Phi) is 3.53. The summed E-state index contributed by atoms with van der Waals surface area (Å²) in [5, 5.41) is 3.60. The Balaban J connectivity index is 2.34. The lowest BCUT2D eigenvalue weighted by molar-refractivity contribution is 0.273. The largest absolute Gasteiger partial charge is 0.328 e. The minimum Gasteiger partial charge on any atom is -0.328 e. The summed E-state index contributed by atoms with van der Waals surface area (Å²) in [6.07, 6.45) is 3.55. The van der Waals surface area contributed by atoms with Crippen molar-refractivity contribution < 1.29 is 0 Å². The van der Waals surface area contributed by atoms with E-state index in [9.17, 15) is 0 Å². The van der Waals surface area contributed by atoms with Crippen LogP contribution in [-0.2, 0) is 0 Å². The quantitative estimate of drug-likeness (QED) is 0.659. The Morgan fingerprint density at radius 3 is 2.58 bits per heavy atom. The Morgan fingerprint density at radius 1 is 1.42 bits per heavy atom. The molecule has 12 heavy (non-hydrogen) atoms. The van der Waals surface area contributed by atoms with E-state index >= 15 is 0 Å². The number of nitrogens with one attached hydrogen (secondary N) is 1. The van der Waals surface area contributed by atoms with Gasteiger partial charge in [0, 0.05) is 18.1 Å². The summed E-state index contributed by atoms with van der Waals surface area (Å²) in [7, 11) is 0. The van der Waals surface area contributed by atoms with Gasteiger partial charge < -0.3 is 11.1 Å². The van der Waals surface area contributed by atoms with Crippen molar-refractivity contribution in [2.24, 2.45) is 11.7 Å². The summed E-state index contributed by atoms with van der Waals surface area (Å²) in [4.78, 5) is 0. The van der Waals surface area contributed by atoms with Gasteiger partial charge in [0.2, 0.25) is 0 Å². The molecule has 0 amide bonds.